The Bertz CT molecular complexity index is 597. The minimum absolute atomic E-state index is 0.0824. The third kappa shape index (κ3) is 3.12. The van der Waals surface area contributed by atoms with E-state index >= 15 is 0 Å². The monoisotopic (exact) mass is 294 g/mol. The van der Waals surface area contributed by atoms with Gasteiger partial charge in [0.05, 0.1) is 17.4 Å². The molecule has 0 unspecified atom stereocenters. The molecule has 1 aromatic carbocycles. The Hall–Kier alpha value is -1.86. The Labute approximate surface area is 118 Å². The zero-order chi connectivity index (χ0) is 14.0. The van der Waals surface area contributed by atoms with Gasteiger partial charge in [-0.05, 0) is 23.8 Å². The number of aromatic hydroxyl groups is 1. The summed E-state index contributed by atoms with van der Waals surface area (Å²) in [5.41, 5.74) is 0.633. The first-order chi connectivity index (χ1) is 8.97. The Morgan fingerprint density at radius 2 is 2.26 bits per heavy atom. The van der Waals surface area contributed by atoms with Gasteiger partial charge in [0.1, 0.15) is 10.1 Å². The second-order valence-electron chi connectivity index (χ2n) is 3.73. The number of rotatable bonds is 3. The fraction of sp³-hybridized carbons (Fsp3) is 0.0833. The summed E-state index contributed by atoms with van der Waals surface area (Å²) in [5.74, 6) is -1.75. The van der Waals surface area contributed by atoms with E-state index in [2.05, 4.69) is 0 Å². The van der Waals surface area contributed by atoms with Crippen LogP contribution in [0.25, 0.3) is 6.08 Å². The molecule has 1 aliphatic heterocycles. The fourth-order valence-corrected chi connectivity index (χ4v) is 2.79. The maximum absolute atomic E-state index is 11.9. The SMILES string of the molecule is O=C([O-])CN1C(=O)/C(=C\c2cccc(O)c2)SC1=S. The molecule has 0 aromatic heterocycles. The van der Waals surface area contributed by atoms with E-state index in [9.17, 15) is 19.8 Å². The summed E-state index contributed by atoms with van der Waals surface area (Å²) in [7, 11) is 0. The van der Waals surface area contributed by atoms with Gasteiger partial charge in [0.15, 0.2) is 0 Å². The second-order valence-corrected chi connectivity index (χ2v) is 5.41. The van der Waals surface area contributed by atoms with E-state index in [4.69, 9.17) is 12.2 Å². The van der Waals surface area contributed by atoms with Crippen LogP contribution in [0, 0.1) is 0 Å². The zero-order valence-electron chi connectivity index (χ0n) is 9.53. The highest BCUT2D eigenvalue weighted by atomic mass is 32.2. The topological polar surface area (TPSA) is 80.7 Å². The van der Waals surface area contributed by atoms with Gasteiger partial charge in [0.2, 0.25) is 0 Å². The normalized spacial score (nSPS) is 17.3. The first-order valence-corrected chi connectivity index (χ1v) is 6.44. The number of amides is 1. The first-order valence-electron chi connectivity index (χ1n) is 5.21. The molecule has 5 nitrogen and oxygen atoms in total. The van der Waals surface area contributed by atoms with Crippen molar-refractivity contribution in [2.45, 2.75) is 0 Å². The van der Waals surface area contributed by atoms with E-state index in [1.807, 2.05) is 0 Å². The van der Waals surface area contributed by atoms with E-state index in [-0.39, 0.29) is 10.1 Å². The molecule has 0 bridgehead atoms. The van der Waals surface area contributed by atoms with Gasteiger partial charge >= 0.3 is 0 Å². The number of benzene rings is 1. The number of thiocarbonyl (C=S) groups is 1. The van der Waals surface area contributed by atoms with Gasteiger partial charge in [-0.25, -0.2) is 0 Å². The second kappa shape index (κ2) is 5.41. The lowest BCUT2D eigenvalue weighted by Crippen LogP contribution is -2.40. The van der Waals surface area contributed by atoms with Crippen molar-refractivity contribution >= 4 is 46.3 Å². The number of aliphatic carboxylic acids is 1. The molecule has 19 heavy (non-hydrogen) atoms. The van der Waals surface area contributed by atoms with Crippen molar-refractivity contribution in [1.82, 2.24) is 4.90 Å². The molecule has 0 aliphatic carbocycles. The standard InChI is InChI=1S/C12H9NO4S2/c14-8-3-1-2-7(4-8)5-9-11(17)13(6-10(15)16)12(18)19-9/h1-5,14H,6H2,(H,15,16)/p-1/b9-5+. The molecule has 1 saturated heterocycles. The predicted octanol–water partition coefficient (Wildman–Crippen LogP) is 0.343. The molecular weight excluding hydrogens is 286 g/mol. The lowest BCUT2D eigenvalue weighted by Gasteiger charge is -2.14. The third-order valence-corrected chi connectivity index (χ3v) is 3.71. The van der Waals surface area contributed by atoms with Gasteiger partial charge in [-0.1, -0.05) is 36.1 Å². The number of carbonyl (C=O) groups is 2. The highest BCUT2D eigenvalue weighted by Crippen LogP contribution is 2.32. The van der Waals surface area contributed by atoms with E-state index in [0.717, 1.165) is 16.7 Å². The highest BCUT2D eigenvalue weighted by molar-refractivity contribution is 8.26. The number of carboxylic acids is 1. The third-order valence-electron chi connectivity index (χ3n) is 2.33. The summed E-state index contributed by atoms with van der Waals surface area (Å²) < 4.78 is 0.181. The molecule has 2 rings (SSSR count). The van der Waals surface area contributed by atoms with Gasteiger partial charge in [0, 0.05) is 0 Å². The molecule has 98 valence electrons. The van der Waals surface area contributed by atoms with Crippen molar-refractivity contribution in [3.05, 3.63) is 34.7 Å². The van der Waals surface area contributed by atoms with E-state index in [0.29, 0.717) is 10.5 Å². The average molecular weight is 294 g/mol. The van der Waals surface area contributed by atoms with E-state index < -0.39 is 18.4 Å². The highest BCUT2D eigenvalue weighted by Gasteiger charge is 2.31. The van der Waals surface area contributed by atoms with Gasteiger partial charge < -0.3 is 15.0 Å². The summed E-state index contributed by atoms with van der Waals surface area (Å²) in [4.78, 5) is 23.8. The molecule has 1 aromatic rings. The van der Waals surface area contributed by atoms with E-state index in [1.54, 1.807) is 18.2 Å². The molecule has 1 amide bonds. The smallest absolute Gasteiger partial charge is 0.266 e. The number of hydrogen-bond donors (Lipinski definition) is 1. The number of phenolic OH excluding ortho intramolecular Hbond substituents is 1. The van der Waals surface area contributed by atoms with Gasteiger partial charge in [-0.15, -0.1) is 0 Å². The molecule has 7 heteroatoms. The van der Waals surface area contributed by atoms with Gasteiger partial charge in [0.25, 0.3) is 5.91 Å². The number of nitrogens with zero attached hydrogens (tertiary/aromatic N) is 1. The summed E-state index contributed by atoms with van der Waals surface area (Å²) >= 11 is 5.96. The zero-order valence-corrected chi connectivity index (χ0v) is 11.2. The Kier molecular flexibility index (Phi) is 3.87. The van der Waals surface area contributed by atoms with Crippen LogP contribution in [0.15, 0.2) is 29.2 Å². The van der Waals surface area contributed by atoms with Crippen molar-refractivity contribution in [1.29, 1.82) is 0 Å². The number of phenols is 1. The van der Waals surface area contributed by atoms with Crippen LogP contribution in [0.1, 0.15) is 5.56 Å². The molecule has 0 spiro atoms. The Morgan fingerprint density at radius 3 is 2.89 bits per heavy atom. The van der Waals surface area contributed by atoms with Gasteiger partial charge in [-0.3, -0.25) is 9.69 Å². The van der Waals surface area contributed by atoms with Crippen LogP contribution in [-0.2, 0) is 9.59 Å². The molecule has 0 radical (unpaired) electrons. The largest absolute Gasteiger partial charge is 0.548 e. The lowest BCUT2D eigenvalue weighted by atomic mass is 10.2. The van der Waals surface area contributed by atoms with Crippen LogP contribution in [0.4, 0.5) is 0 Å². The first kappa shape index (κ1) is 13.6. The Balaban J connectivity index is 2.25. The summed E-state index contributed by atoms with van der Waals surface area (Å²) in [6.45, 7) is -0.554. The van der Waals surface area contributed by atoms with Crippen LogP contribution in [0.3, 0.4) is 0 Å². The van der Waals surface area contributed by atoms with Crippen molar-refractivity contribution in [3.63, 3.8) is 0 Å². The number of carboxylic acid groups (broad SMARTS) is 1. The number of hydrogen-bond acceptors (Lipinski definition) is 6. The lowest BCUT2D eigenvalue weighted by molar-refractivity contribution is -0.305. The summed E-state index contributed by atoms with van der Waals surface area (Å²) in [5, 5.41) is 19.9. The van der Waals surface area contributed by atoms with E-state index in [1.165, 1.54) is 12.1 Å². The number of carbonyl (C=O) groups excluding carboxylic acids is 2. The van der Waals surface area contributed by atoms with Crippen molar-refractivity contribution in [2.75, 3.05) is 6.54 Å². The molecular formula is C12H8NO4S2-. The van der Waals surface area contributed by atoms with Crippen LogP contribution in [0.2, 0.25) is 0 Å². The van der Waals surface area contributed by atoms with Crippen LogP contribution in [-0.4, -0.2) is 32.7 Å². The molecule has 1 fully saturated rings. The average Bonchev–Trinajstić information content (AvgIpc) is 2.57. The minimum Gasteiger partial charge on any atom is -0.548 e. The van der Waals surface area contributed by atoms with Gasteiger partial charge in [-0.2, -0.15) is 0 Å². The van der Waals surface area contributed by atoms with Crippen molar-refractivity contribution in [2.24, 2.45) is 0 Å². The fourth-order valence-electron chi connectivity index (χ4n) is 1.53. The minimum atomic E-state index is -1.37. The maximum atomic E-state index is 11.9. The predicted molar refractivity (Wildman–Crippen MR) is 73.0 cm³/mol. The summed E-state index contributed by atoms with van der Waals surface area (Å²) in [6.07, 6.45) is 1.55. The molecule has 1 heterocycles. The quantitative estimate of drug-likeness (QED) is 0.640. The Morgan fingerprint density at radius 1 is 1.53 bits per heavy atom. The van der Waals surface area contributed by atoms with Crippen LogP contribution in [0.5, 0.6) is 5.75 Å². The molecule has 0 atom stereocenters. The molecule has 0 saturated carbocycles. The van der Waals surface area contributed by atoms with Crippen molar-refractivity contribution < 1.29 is 19.8 Å². The van der Waals surface area contributed by atoms with Crippen LogP contribution >= 0.6 is 24.0 Å². The van der Waals surface area contributed by atoms with Crippen molar-refractivity contribution in [3.8, 4) is 5.75 Å². The van der Waals surface area contributed by atoms with Crippen LogP contribution < -0.4 is 5.11 Å². The molecule has 1 aliphatic rings. The maximum Gasteiger partial charge on any atom is 0.266 e. The summed E-state index contributed by atoms with van der Waals surface area (Å²) in [6, 6.07) is 6.36. The molecule has 1 N–H and O–H groups in total. The number of thioether (sulfide) groups is 1.